The van der Waals surface area contributed by atoms with E-state index >= 15 is 0 Å². The summed E-state index contributed by atoms with van der Waals surface area (Å²) < 4.78 is 6.68. The lowest BCUT2D eigenvalue weighted by molar-refractivity contribution is -0.135. The number of benzene rings is 2. The van der Waals surface area contributed by atoms with Crippen LogP contribution in [0.25, 0.3) is 10.9 Å². The van der Waals surface area contributed by atoms with Crippen LogP contribution in [0.4, 0.5) is 0 Å². The highest BCUT2D eigenvalue weighted by Crippen LogP contribution is 2.25. The zero-order chi connectivity index (χ0) is 21.1. The lowest BCUT2D eigenvalue weighted by atomic mass is 9.91. The quantitative estimate of drug-likeness (QED) is 0.699. The van der Waals surface area contributed by atoms with Crippen LogP contribution in [0.5, 0.6) is 5.75 Å². The van der Waals surface area contributed by atoms with E-state index in [1.807, 2.05) is 30.3 Å². The van der Waals surface area contributed by atoms with Crippen LogP contribution in [0, 0.1) is 0 Å². The fourth-order valence-electron chi connectivity index (χ4n) is 3.94. The number of fused-ring (bicyclic) bond motifs is 1. The molecular weight excluding hydrogens is 382 g/mol. The Morgan fingerprint density at radius 3 is 2.70 bits per heavy atom. The highest BCUT2D eigenvalue weighted by molar-refractivity contribution is 5.79. The summed E-state index contributed by atoms with van der Waals surface area (Å²) in [6.07, 6.45) is 2.61. The first-order valence-electron chi connectivity index (χ1n) is 10.0. The molecule has 7 heteroatoms. The lowest BCUT2D eigenvalue weighted by Crippen LogP contribution is -2.50. The summed E-state index contributed by atoms with van der Waals surface area (Å²) in [5, 5.41) is 11.6. The second-order valence-corrected chi connectivity index (χ2v) is 7.83. The molecule has 0 unspecified atom stereocenters. The second-order valence-electron chi connectivity index (χ2n) is 7.83. The minimum Gasteiger partial charge on any atom is -0.497 e. The van der Waals surface area contributed by atoms with Gasteiger partial charge in [-0.05, 0) is 42.7 Å². The maximum absolute atomic E-state index is 12.7. The van der Waals surface area contributed by atoms with Crippen LogP contribution in [-0.2, 0) is 17.8 Å². The number of nitrogens with zero attached hydrogens (tertiary/aromatic N) is 3. The van der Waals surface area contributed by atoms with Gasteiger partial charge in [0.05, 0.1) is 42.9 Å². The Labute approximate surface area is 174 Å². The molecule has 0 spiro atoms. The maximum atomic E-state index is 12.7. The van der Waals surface area contributed by atoms with Gasteiger partial charge in [0, 0.05) is 13.1 Å². The third-order valence-corrected chi connectivity index (χ3v) is 5.73. The monoisotopic (exact) mass is 407 g/mol. The van der Waals surface area contributed by atoms with E-state index in [-0.39, 0.29) is 18.0 Å². The van der Waals surface area contributed by atoms with Crippen molar-refractivity contribution >= 4 is 16.8 Å². The molecule has 2 aromatic carbocycles. The highest BCUT2D eigenvalue weighted by atomic mass is 16.5. The fraction of sp³-hybridized carbons (Fsp3) is 0.348. The Balaban J connectivity index is 1.40. The van der Waals surface area contributed by atoms with Crippen LogP contribution in [-0.4, -0.2) is 51.3 Å². The minimum absolute atomic E-state index is 0.0230. The first-order chi connectivity index (χ1) is 14.5. The summed E-state index contributed by atoms with van der Waals surface area (Å²) in [5.74, 6) is 0.748. The molecule has 1 fully saturated rings. The Bertz CT molecular complexity index is 1120. The van der Waals surface area contributed by atoms with Crippen molar-refractivity contribution in [3.8, 4) is 5.75 Å². The molecule has 0 atom stereocenters. The highest BCUT2D eigenvalue weighted by Gasteiger charge is 2.34. The van der Waals surface area contributed by atoms with Crippen molar-refractivity contribution in [3.63, 3.8) is 0 Å². The van der Waals surface area contributed by atoms with E-state index in [4.69, 9.17) is 4.74 Å². The molecule has 0 bridgehead atoms. The normalized spacial score (nSPS) is 15.9. The van der Waals surface area contributed by atoms with E-state index in [9.17, 15) is 14.7 Å². The number of methoxy groups -OCH3 is 1. The van der Waals surface area contributed by atoms with Crippen LogP contribution in [0.3, 0.4) is 0 Å². The Morgan fingerprint density at radius 2 is 1.93 bits per heavy atom. The average Bonchev–Trinajstić information content (AvgIpc) is 2.76. The predicted octanol–water partition coefficient (Wildman–Crippen LogP) is 2.00. The molecule has 30 heavy (non-hydrogen) atoms. The van der Waals surface area contributed by atoms with Gasteiger partial charge in [-0.2, -0.15) is 0 Å². The van der Waals surface area contributed by atoms with Crippen LogP contribution in [0.2, 0.25) is 0 Å². The van der Waals surface area contributed by atoms with E-state index in [0.29, 0.717) is 43.3 Å². The van der Waals surface area contributed by atoms with Gasteiger partial charge in [-0.3, -0.25) is 14.2 Å². The number of carbonyl (C=O) groups is 1. The van der Waals surface area contributed by atoms with Crippen molar-refractivity contribution in [2.24, 2.45) is 0 Å². The Hall–Kier alpha value is -3.19. The number of carbonyl (C=O) groups excluding carboxylic acids is 1. The number of para-hydroxylation sites is 1. The first kappa shape index (κ1) is 20.1. The number of rotatable bonds is 5. The summed E-state index contributed by atoms with van der Waals surface area (Å²) >= 11 is 0. The zero-order valence-corrected chi connectivity index (χ0v) is 17.0. The van der Waals surface area contributed by atoms with E-state index in [0.717, 1.165) is 11.3 Å². The molecule has 156 valence electrons. The number of piperidine rings is 1. The molecule has 1 aliphatic heterocycles. The van der Waals surface area contributed by atoms with Crippen molar-refractivity contribution in [2.45, 2.75) is 31.4 Å². The molecule has 1 amide bonds. The number of hydrogen-bond donors (Lipinski definition) is 1. The molecule has 2 heterocycles. The SMILES string of the molecule is COc1cccc(CC(=O)N2CCC(O)(Cn3cnc4ccccc4c3=O)CC2)c1. The largest absolute Gasteiger partial charge is 0.497 e. The molecule has 1 aromatic heterocycles. The molecule has 4 rings (SSSR count). The van der Waals surface area contributed by atoms with Crippen LogP contribution < -0.4 is 10.3 Å². The van der Waals surface area contributed by atoms with Crippen molar-refractivity contribution in [1.29, 1.82) is 0 Å². The van der Waals surface area contributed by atoms with Gasteiger partial charge in [-0.25, -0.2) is 4.98 Å². The van der Waals surface area contributed by atoms with Gasteiger partial charge in [0.25, 0.3) is 5.56 Å². The molecule has 0 saturated carbocycles. The van der Waals surface area contributed by atoms with Crippen LogP contribution in [0.15, 0.2) is 59.7 Å². The summed E-state index contributed by atoms with van der Waals surface area (Å²) in [4.78, 5) is 31.5. The lowest BCUT2D eigenvalue weighted by Gasteiger charge is -2.38. The van der Waals surface area contributed by atoms with Gasteiger partial charge < -0.3 is 14.7 Å². The molecule has 1 aliphatic rings. The van der Waals surface area contributed by atoms with Gasteiger partial charge in [0.15, 0.2) is 0 Å². The number of ether oxygens (including phenoxy) is 1. The minimum atomic E-state index is -1.04. The number of likely N-dealkylation sites (tertiary alicyclic amines) is 1. The number of aromatic nitrogens is 2. The van der Waals surface area contributed by atoms with Crippen LogP contribution in [0.1, 0.15) is 18.4 Å². The van der Waals surface area contributed by atoms with E-state index in [2.05, 4.69) is 4.98 Å². The van der Waals surface area contributed by atoms with Crippen molar-refractivity contribution in [2.75, 3.05) is 20.2 Å². The maximum Gasteiger partial charge on any atom is 0.261 e. The standard InChI is InChI=1S/C23H25N3O4/c1-30-18-6-4-5-17(13-18)14-21(27)25-11-9-23(29,10-12-25)15-26-16-24-20-8-3-2-7-19(20)22(26)28/h2-8,13,16,29H,9-12,14-15H2,1H3. The Kier molecular flexibility index (Phi) is 5.55. The number of aliphatic hydroxyl groups is 1. The number of amides is 1. The van der Waals surface area contributed by atoms with E-state index in [1.165, 1.54) is 10.9 Å². The van der Waals surface area contributed by atoms with E-state index in [1.54, 1.807) is 30.2 Å². The first-order valence-corrected chi connectivity index (χ1v) is 10.0. The van der Waals surface area contributed by atoms with Crippen LogP contribution >= 0.6 is 0 Å². The van der Waals surface area contributed by atoms with Crippen molar-refractivity contribution in [3.05, 3.63) is 70.8 Å². The third-order valence-electron chi connectivity index (χ3n) is 5.73. The fourth-order valence-corrected chi connectivity index (χ4v) is 3.94. The zero-order valence-electron chi connectivity index (χ0n) is 17.0. The van der Waals surface area contributed by atoms with Gasteiger partial charge in [-0.1, -0.05) is 24.3 Å². The molecule has 7 nitrogen and oxygen atoms in total. The molecule has 0 radical (unpaired) electrons. The Morgan fingerprint density at radius 1 is 1.17 bits per heavy atom. The summed E-state index contributed by atoms with van der Waals surface area (Å²) in [6.45, 7) is 1.08. The molecular formula is C23H25N3O4. The van der Waals surface area contributed by atoms with Gasteiger partial charge >= 0.3 is 0 Å². The topological polar surface area (TPSA) is 84.7 Å². The molecule has 1 saturated heterocycles. The average molecular weight is 407 g/mol. The summed E-state index contributed by atoms with van der Waals surface area (Å²) in [6, 6.07) is 14.6. The van der Waals surface area contributed by atoms with E-state index < -0.39 is 5.60 Å². The van der Waals surface area contributed by atoms with Crippen molar-refractivity contribution < 1.29 is 14.6 Å². The van der Waals surface area contributed by atoms with Gasteiger partial charge in [-0.15, -0.1) is 0 Å². The molecule has 3 aromatic rings. The van der Waals surface area contributed by atoms with Gasteiger partial charge in [0.1, 0.15) is 5.75 Å². The number of hydrogen-bond acceptors (Lipinski definition) is 5. The van der Waals surface area contributed by atoms with Crippen molar-refractivity contribution in [1.82, 2.24) is 14.5 Å². The molecule has 1 N–H and O–H groups in total. The summed E-state index contributed by atoms with van der Waals surface area (Å²) in [5.41, 5.74) is 0.337. The van der Waals surface area contributed by atoms with Gasteiger partial charge in [0.2, 0.25) is 5.91 Å². The summed E-state index contributed by atoms with van der Waals surface area (Å²) in [7, 11) is 1.60. The third kappa shape index (κ3) is 4.21. The smallest absolute Gasteiger partial charge is 0.261 e. The second kappa shape index (κ2) is 8.28. The predicted molar refractivity (Wildman–Crippen MR) is 113 cm³/mol. The molecule has 0 aliphatic carbocycles.